The molecule has 1 aromatic heterocycles. The van der Waals surface area contributed by atoms with Crippen molar-refractivity contribution in [2.75, 3.05) is 27.2 Å². The Balaban J connectivity index is 2.12. The zero-order valence-electron chi connectivity index (χ0n) is 14.0. The van der Waals surface area contributed by atoms with Crippen molar-refractivity contribution in [3.05, 3.63) is 47.2 Å². The van der Waals surface area contributed by atoms with Gasteiger partial charge in [-0.15, -0.1) is 0 Å². The van der Waals surface area contributed by atoms with E-state index in [0.29, 0.717) is 17.1 Å². The Hall–Kier alpha value is -1.85. The van der Waals surface area contributed by atoms with Crippen LogP contribution in [0.3, 0.4) is 0 Å². The number of halogens is 1. The topological polar surface area (TPSA) is 50.2 Å². The molecule has 0 radical (unpaired) electrons. The van der Waals surface area contributed by atoms with Crippen molar-refractivity contribution in [2.45, 2.75) is 13.8 Å². The zero-order valence-corrected chi connectivity index (χ0v) is 14.8. The van der Waals surface area contributed by atoms with Gasteiger partial charge in [0.15, 0.2) is 0 Å². The summed E-state index contributed by atoms with van der Waals surface area (Å²) in [5.41, 5.74) is 1.24. The number of carbonyl (C=O) groups is 1. The lowest BCUT2D eigenvalue weighted by atomic mass is 9.93. The second-order valence-corrected chi connectivity index (χ2v) is 7.11. The van der Waals surface area contributed by atoms with E-state index in [1.807, 2.05) is 32.4 Å². The highest BCUT2D eigenvalue weighted by Gasteiger charge is 2.21. The molecule has 5 nitrogen and oxygen atoms in total. The normalized spacial score (nSPS) is 11.7. The molecule has 1 amide bonds. The number of amides is 1. The van der Waals surface area contributed by atoms with Crippen LogP contribution >= 0.6 is 11.6 Å². The number of rotatable bonds is 6. The van der Waals surface area contributed by atoms with Crippen LogP contribution in [0.1, 0.15) is 24.2 Å². The van der Waals surface area contributed by atoms with Crippen LogP contribution in [0.25, 0.3) is 5.69 Å². The minimum atomic E-state index is -0.171. The molecule has 0 saturated carbocycles. The van der Waals surface area contributed by atoms with E-state index < -0.39 is 0 Å². The monoisotopic (exact) mass is 334 g/mol. The van der Waals surface area contributed by atoms with Gasteiger partial charge in [0.1, 0.15) is 0 Å². The van der Waals surface area contributed by atoms with Crippen LogP contribution in [-0.2, 0) is 0 Å². The van der Waals surface area contributed by atoms with E-state index in [1.165, 1.54) is 0 Å². The summed E-state index contributed by atoms with van der Waals surface area (Å²) < 4.78 is 1.70. The maximum atomic E-state index is 12.5. The largest absolute Gasteiger partial charge is 0.351 e. The predicted octanol–water partition coefficient (Wildman–Crippen LogP) is 2.84. The summed E-state index contributed by atoms with van der Waals surface area (Å²) in [6.45, 7) is 5.70. The van der Waals surface area contributed by atoms with Gasteiger partial charge in [-0.1, -0.05) is 25.4 Å². The van der Waals surface area contributed by atoms with Gasteiger partial charge in [0.05, 0.1) is 16.3 Å². The van der Waals surface area contributed by atoms with Gasteiger partial charge in [-0.05, 0) is 43.8 Å². The molecule has 0 unspecified atom stereocenters. The summed E-state index contributed by atoms with van der Waals surface area (Å²) in [6.07, 6.45) is 3.52. The van der Waals surface area contributed by atoms with Gasteiger partial charge in [-0.25, -0.2) is 4.68 Å². The van der Waals surface area contributed by atoms with Crippen LogP contribution in [0, 0.1) is 5.41 Å². The molecule has 1 N–H and O–H groups in total. The Morgan fingerprint density at radius 2 is 2.13 bits per heavy atom. The molecule has 0 bridgehead atoms. The molecule has 0 spiro atoms. The predicted molar refractivity (Wildman–Crippen MR) is 93.2 cm³/mol. The van der Waals surface area contributed by atoms with E-state index in [0.717, 1.165) is 12.2 Å². The molecule has 0 aliphatic carbocycles. The van der Waals surface area contributed by atoms with Gasteiger partial charge in [-0.3, -0.25) is 4.79 Å². The van der Waals surface area contributed by atoms with E-state index in [2.05, 4.69) is 29.2 Å². The number of benzene rings is 1. The van der Waals surface area contributed by atoms with Crippen molar-refractivity contribution in [3.63, 3.8) is 0 Å². The molecule has 0 atom stereocenters. The molecule has 0 aliphatic heterocycles. The molecular formula is C17H23ClN4O. The molecule has 0 fully saturated rings. The molecule has 2 rings (SSSR count). The number of nitrogens with one attached hydrogen (secondary N) is 1. The number of hydrogen-bond acceptors (Lipinski definition) is 3. The summed E-state index contributed by atoms with van der Waals surface area (Å²) in [6, 6.07) is 7.14. The number of aromatic nitrogens is 2. The molecule has 6 heteroatoms. The molecule has 124 valence electrons. The van der Waals surface area contributed by atoms with E-state index >= 15 is 0 Å². The summed E-state index contributed by atoms with van der Waals surface area (Å²) in [5.74, 6) is -0.171. The Morgan fingerprint density at radius 1 is 1.39 bits per heavy atom. The fourth-order valence-corrected chi connectivity index (χ4v) is 2.78. The van der Waals surface area contributed by atoms with Gasteiger partial charge in [0.25, 0.3) is 5.91 Å². The third-order valence-electron chi connectivity index (χ3n) is 3.44. The Morgan fingerprint density at radius 3 is 2.74 bits per heavy atom. The van der Waals surface area contributed by atoms with Crippen molar-refractivity contribution < 1.29 is 4.79 Å². The maximum absolute atomic E-state index is 12.5. The molecule has 1 heterocycles. The molecule has 23 heavy (non-hydrogen) atoms. The first-order valence-electron chi connectivity index (χ1n) is 7.51. The molecule has 0 aliphatic rings. The second kappa shape index (κ2) is 7.15. The van der Waals surface area contributed by atoms with Crippen molar-refractivity contribution in [2.24, 2.45) is 5.41 Å². The Bertz CT molecular complexity index is 665. The highest BCUT2D eigenvalue weighted by Crippen LogP contribution is 2.20. The van der Waals surface area contributed by atoms with E-state index in [4.69, 9.17) is 11.6 Å². The van der Waals surface area contributed by atoms with Crippen molar-refractivity contribution >= 4 is 17.5 Å². The number of hydrogen-bond donors (Lipinski definition) is 1. The summed E-state index contributed by atoms with van der Waals surface area (Å²) >= 11 is 6.19. The smallest absolute Gasteiger partial charge is 0.252 e. The van der Waals surface area contributed by atoms with E-state index in [-0.39, 0.29) is 11.3 Å². The van der Waals surface area contributed by atoms with Crippen LogP contribution in [-0.4, -0.2) is 47.8 Å². The lowest BCUT2D eigenvalue weighted by Crippen LogP contribution is -2.40. The summed E-state index contributed by atoms with van der Waals surface area (Å²) in [4.78, 5) is 14.6. The first kappa shape index (κ1) is 17.5. The first-order valence-corrected chi connectivity index (χ1v) is 7.89. The van der Waals surface area contributed by atoms with Crippen molar-refractivity contribution in [1.82, 2.24) is 20.0 Å². The standard InChI is InChI=1S/C17H23ClN4O/c1-17(2,12-21(3)4)11-19-16(23)14-10-13(6-7-15(14)18)22-9-5-8-20-22/h5-10H,11-12H2,1-4H3,(H,19,23). The average molecular weight is 335 g/mol. The quantitative estimate of drug-likeness (QED) is 0.883. The SMILES string of the molecule is CN(C)CC(C)(C)CNC(=O)c1cc(-n2cccn2)ccc1Cl. The van der Waals surface area contributed by atoms with Crippen LogP contribution in [0.2, 0.25) is 5.02 Å². The van der Waals surface area contributed by atoms with Gasteiger partial charge >= 0.3 is 0 Å². The summed E-state index contributed by atoms with van der Waals surface area (Å²) in [5, 5.41) is 7.58. The fraction of sp³-hybridized carbons (Fsp3) is 0.412. The van der Waals surface area contributed by atoms with Crippen LogP contribution < -0.4 is 5.32 Å². The van der Waals surface area contributed by atoms with Gasteiger partial charge in [-0.2, -0.15) is 5.10 Å². The summed E-state index contributed by atoms with van der Waals surface area (Å²) in [7, 11) is 4.04. The average Bonchev–Trinajstić information content (AvgIpc) is 2.98. The zero-order chi connectivity index (χ0) is 17.0. The minimum absolute atomic E-state index is 0.0226. The first-order chi connectivity index (χ1) is 10.8. The highest BCUT2D eigenvalue weighted by atomic mass is 35.5. The van der Waals surface area contributed by atoms with E-state index in [1.54, 1.807) is 23.0 Å². The maximum Gasteiger partial charge on any atom is 0.252 e. The van der Waals surface area contributed by atoms with E-state index in [9.17, 15) is 4.79 Å². The molecule has 2 aromatic rings. The Kier molecular flexibility index (Phi) is 5.44. The third-order valence-corrected chi connectivity index (χ3v) is 3.76. The highest BCUT2D eigenvalue weighted by molar-refractivity contribution is 6.33. The molecule has 1 aromatic carbocycles. The molecular weight excluding hydrogens is 312 g/mol. The lowest BCUT2D eigenvalue weighted by Gasteiger charge is -2.28. The van der Waals surface area contributed by atoms with Crippen molar-refractivity contribution in [3.8, 4) is 5.69 Å². The minimum Gasteiger partial charge on any atom is -0.351 e. The van der Waals surface area contributed by atoms with Crippen molar-refractivity contribution in [1.29, 1.82) is 0 Å². The van der Waals surface area contributed by atoms with Crippen LogP contribution in [0.15, 0.2) is 36.7 Å². The number of carbonyl (C=O) groups excluding carboxylic acids is 1. The number of nitrogens with zero attached hydrogens (tertiary/aromatic N) is 3. The van der Waals surface area contributed by atoms with Gasteiger partial charge in [0.2, 0.25) is 0 Å². The third kappa shape index (κ3) is 4.81. The fourth-order valence-electron chi connectivity index (χ4n) is 2.58. The van der Waals surface area contributed by atoms with Gasteiger partial charge in [0, 0.05) is 25.5 Å². The lowest BCUT2D eigenvalue weighted by molar-refractivity contribution is 0.0929. The van der Waals surface area contributed by atoms with Gasteiger partial charge < -0.3 is 10.2 Å². The second-order valence-electron chi connectivity index (χ2n) is 6.70. The van der Waals surface area contributed by atoms with Crippen LogP contribution in [0.5, 0.6) is 0 Å². The van der Waals surface area contributed by atoms with Crippen LogP contribution in [0.4, 0.5) is 0 Å². The Labute approximate surface area is 142 Å². The molecule has 0 saturated heterocycles.